The molecular formula is C38H32Cl2N4O3S. The molecule has 0 saturated heterocycles. The highest BCUT2D eigenvalue weighted by molar-refractivity contribution is 7.80. The van der Waals surface area contributed by atoms with Crippen molar-refractivity contribution in [3.05, 3.63) is 147 Å². The predicted molar refractivity (Wildman–Crippen MR) is 201 cm³/mol. The minimum Gasteiger partial charge on any atom is -0.497 e. The summed E-state index contributed by atoms with van der Waals surface area (Å²) in [5.74, 6) is 1.49. The molecule has 7 nitrogen and oxygen atoms in total. The number of fused-ring (bicyclic) bond motifs is 1. The highest BCUT2D eigenvalue weighted by Crippen LogP contribution is 2.32. The molecule has 0 radical (unpaired) electrons. The van der Waals surface area contributed by atoms with Gasteiger partial charge >= 0.3 is 0 Å². The Morgan fingerprint density at radius 3 is 2.29 bits per heavy atom. The summed E-state index contributed by atoms with van der Waals surface area (Å²) in [6, 6.07) is 38.3. The first-order chi connectivity index (χ1) is 23.3. The molecule has 0 saturated carbocycles. The van der Waals surface area contributed by atoms with Crippen LogP contribution in [0.1, 0.15) is 5.56 Å². The largest absolute Gasteiger partial charge is 0.497 e. The number of thiocarbonyl (C=S) groups is 1. The van der Waals surface area contributed by atoms with Crippen molar-refractivity contribution in [2.45, 2.75) is 6.54 Å². The minimum absolute atomic E-state index is 0.210. The lowest BCUT2D eigenvalue weighted by molar-refractivity contribution is 0.415. The molecule has 1 aromatic heterocycles. The molecular weight excluding hydrogens is 663 g/mol. The third kappa shape index (κ3) is 7.58. The van der Waals surface area contributed by atoms with Gasteiger partial charge in [-0.2, -0.15) is 0 Å². The Morgan fingerprint density at radius 2 is 1.56 bits per heavy atom. The van der Waals surface area contributed by atoms with E-state index in [0.717, 1.165) is 50.6 Å². The number of methoxy groups -OCH3 is 2. The van der Waals surface area contributed by atoms with Crippen LogP contribution in [-0.2, 0) is 6.54 Å². The monoisotopic (exact) mass is 694 g/mol. The summed E-state index contributed by atoms with van der Waals surface area (Å²) in [5, 5.41) is 5.87. The molecule has 6 aromatic rings. The van der Waals surface area contributed by atoms with E-state index >= 15 is 0 Å². The first kappa shape index (κ1) is 32.9. The summed E-state index contributed by atoms with van der Waals surface area (Å²) in [7, 11) is 3.27. The van der Waals surface area contributed by atoms with Crippen LogP contribution in [0.15, 0.2) is 126 Å². The molecule has 0 aliphatic carbocycles. The number of hydrogen-bond donors (Lipinski definition) is 2. The number of pyridine rings is 1. The van der Waals surface area contributed by atoms with Gasteiger partial charge in [0.25, 0.3) is 5.56 Å². The van der Waals surface area contributed by atoms with E-state index in [2.05, 4.69) is 15.2 Å². The summed E-state index contributed by atoms with van der Waals surface area (Å²) in [5.41, 5.74) is 5.44. The Hall–Kier alpha value is -5.02. The zero-order chi connectivity index (χ0) is 33.6. The molecule has 0 unspecified atom stereocenters. The van der Waals surface area contributed by atoms with E-state index in [0.29, 0.717) is 20.7 Å². The van der Waals surface area contributed by atoms with E-state index in [1.54, 1.807) is 14.2 Å². The summed E-state index contributed by atoms with van der Waals surface area (Å²) in [6.07, 6.45) is 0. The number of para-hydroxylation sites is 1. The lowest BCUT2D eigenvalue weighted by Gasteiger charge is -2.34. The molecule has 0 aliphatic rings. The molecule has 0 aliphatic heterocycles. The van der Waals surface area contributed by atoms with Crippen molar-refractivity contribution in [3.63, 3.8) is 0 Å². The van der Waals surface area contributed by atoms with Crippen LogP contribution in [-0.4, -0.2) is 35.9 Å². The molecule has 0 bridgehead atoms. The van der Waals surface area contributed by atoms with Crippen LogP contribution in [0.5, 0.6) is 11.5 Å². The second-order valence-electron chi connectivity index (χ2n) is 11.0. The van der Waals surface area contributed by atoms with E-state index < -0.39 is 0 Å². The molecule has 2 N–H and O–H groups in total. The van der Waals surface area contributed by atoms with Gasteiger partial charge in [-0.05, 0) is 108 Å². The van der Waals surface area contributed by atoms with Crippen LogP contribution in [0, 0.1) is 0 Å². The third-order valence-corrected chi connectivity index (χ3v) is 8.75. The fourth-order valence-electron chi connectivity index (χ4n) is 5.43. The van der Waals surface area contributed by atoms with Gasteiger partial charge in [-0.25, -0.2) is 0 Å². The number of nitrogens with zero attached hydrogens (tertiary/aromatic N) is 2. The van der Waals surface area contributed by atoms with Crippen molar-refractivity contribution < 1.29 is 9.47 Å². The van der Waals surface area contributed by atoms with Crippen LogP contribution < -0.4 is 25.2 Å². The zero-order valence-corrected chi connectivity index (χ0v) is 28.6. The summed E-state index contributed by atoms with van der Waals surface area (Å²) >= 11 is 18.7. The Balaban J connectivity index is 1.37. The average Bonchev–Trinajstić information content (AvgIpc) is 3.10. The van der Waals surface area contributed by atoms with Gasteiger partial charge in [0.1, 0.15) is 11.5 Å². The van der Waals surface area contributed by atoms with E-state index in [-0.39, 0.29) is 18.8 Å². The van der Waals surface area contributed by atoms with Crippen molar-refractivity contribution in [2.24, 2.45) is 0 Å². The van der Waals surface area contributed by atoms with Crippen LogP contribution in [0.3, 0.4) is 0 Å². The zero-order valence-electron chi connectivity index (χ0n) is 26.2. The number of H-pyrrole nitrogens is 1. The number of halogens is 2. The van der Waals surface area contributed by atoms with Gasteiger partial charge in [0.15, 0.2) is 5.11 Å². The number of rotatable bonds is 10. The molecule has 6 rings (SSSR count). The molecule has 48 heavy (non-hydrogen) atoms. The molecule has 0 amide bonds. The maximum absolute atomic E-state index is 13.7. The van der Waals surface area contributed by atoms with Crippen molar-refractivity contribution in [2.75, 3.05) is 31.1 Å². The Kier molecular flexibility index (Phi) is 10.2. The SMILES string of the molecule is COc1ccc(NC(=S)N(Cc2cc3ccc(-c4ccccc4OC)cc3[nH]c2=O)CN(c2ccc(Cl)cc2)c2cccc(Cl)c2)cc1. The Labute approximate surface area is 294 Å². The Morgan fingerprint density at radius 1 is 0.792 bits per heavy atom. The van der Waals surface area contributed by atoms with Crippen LogP contribution in [0.2, 0.25) is 10.0 Å². The molecule has 0 fully saturated rings. The minimum atomic E-state index is -0.210. The van der Waals surface area contributed by atoms with E-state index in [1.165, 1.54) is 0 Å². The standard InChI is InChI=1S/C38H32Cl2N4O3S/c1-46-33-18-14-30(15-19-33)41-38(48)43(24-44(31-16-12-28(39)13-17-31)32-7-5-6-29(40)22-32)23-27-20-26-11-10-25(21-35(26)42-37(27)45)34-8-3-4-9-36(34)47-2/h3-22H,23-24H2,1-2H3,(H,41,48)(H,42,45). The van der Waals surface area contributed by atoms with E-state index in [9.17, 15) is 4.79 Å². The molecule has 242 valence electrons. The number of hydrogen-bond acceptors (Lipinski definition) is 5. The number of aromatic nitrogens is 1. The van der Waals surface area contributed by atoms with Gasteiger partial charge in [-0.3, -0.25) is 4.79 Å². The van der Waals surface area contributed by atoms with E-state index in [4.69, 9.17) is 44.9 Å². The topological polar surface area (TPSA) is 69.8 Å². The van der Waals surface area contributed by atoms with Crippen LogP contribution in [0.4, 0.5) is 17.1 Å². The summed E-state index contributed by atoms with van der Waals surface area (Å²) < 4.78 is 10.9. The van der Waals surface area contributed by atoms with Crippen molar-refractivity contribution >= 4 is 68.5 Å². The van der Waals surface area contributed by atoms with Crippen LogP contribution in [0.25, 0.3) is 22.0 Å². The van der Waals surface area contributed by atoms with E-state index in [1.807, 2.05) is 126 Å². The second-order valence-corrected chi connectivity index (χ2v) is 12.3. The van der Waals surface area contributed by atoms with Gasteiger partial charge < -0.3 is 29.6 Å². The maximum atomic E-state index is 13.7. The van der Waals surface area contributed by atoms with Crippen molar-refractivity contribution in [1.29, 1.82) is 0 Å². The lowest BCUT2D eigenvalue weighted by atomic mass is 10.0. The molecule has 1 heterocycles. The quantitative estimate of drug-likeness (QED) is 0.109. The van der Waals surface area contributed by atoms with Gasteiger partial charge in [-0.15, -0.1) is 0 Å². The number of nitrogens with one attached hydrogen (secondary N) is 2. The van der Waals surface area contributed by atoms with Crippen LogP contribution >= 0.6 is 35.4 Å². The smallest absolute Gasteiger partial charge is 0.253 e. The highest BCUT2D eigenvalue weighted by atomic mass is 35.5. The number of benzene rings is 5. The first-order valence-corrected chi connectivity index (χ1v) is 16.3. The third-order valence-electron chi connectivity index (χ3n) is 7.90. The number of ether oxygens (including phenoxy) is 2. The Bertz CT molecular complexity index is 2120. The number of anilines is 3. The normalized spacial score (nSPS) is 10.8. The highest BCUT2D eigenvalue weighted by Gasteiger charge is 2.20. The number of aromatic amines is 1. The van der Waals surface area contributed by atoms with Crippen molar-refractivity contribution in [3.8, 4) is 22.6 Å². The first-order valence-electron chi connectivity index (χ1n) is 15.1. The maximum Gasteiger partial charge on any atom is 0.253 e. The predicted octanol–water partition coefficient (Wildman–Crippen LogP) is 9.51. The lowest BCUT2D eigenvalue weighted by Crippen LogP contribution is -2.42. The summed E-state index contributed by atoms with van der Waals surface area (Å²) in [4.78, 5) is 20.8. The molecule has 0 spiro atoms. The molecule has 5 aromatic carbocycles. The second kappa shape index (κ2) is 14.8. The van der Waals surface area contributed by atoms with Gasteiger partial charge in [-0.1, -0.05) is 59.6 Å². The van der Waals surface area contributed by atoms with Gasteiger partial charge in [0.05, 0.1) is 27.4 Å². The summed E-state index contributed by atoms with van der Waals surface area (Å²) in [6.45, 7) is 0.500. The van der Waals surface area contributed by atoms with Gasteiger partial charge in [0.2, 0.25) is 0 Å². The van der Waals surface area contributed by atoms with Crippen molar-refractivity contribution in [1.82, 2.24) is 9.88 Å². The molecule has 0 atom stereocenters. The fraction of sp³-hybridized carbons (Fsp3) is 0.105. The average molecular weight is 696 g/mol. The molecule has 10 heteroatoms. The van der Waals surface area contributed by atoms with Gasteiger partial charge in [0, 0.05) is 43.8 Å². The fourth-order valence-corrected chi connectivity index (χ4v) is 5.98.